The van der Waals surface area contributed by atoms with Gasteiger partial charge in [-0.2, -0.15) is 4.68 Å². The number of allylic oxidation sites excluding steroid dienone is 1. The summed E-state index contributed by atoms with van der Waals surface area (Å²) in [5.41, 5.74) is 0.935. The number of nitrogens with zero attached hydrogens (tertiary/aromatic N) is 3. The SMILES string of the molecule is C=CCn1c(-c2ccc(Cl)cc2)nn(C[NH+](C)CC(=O)NC2CC2)c1=S. The summed E-state index contributed by atoms with van der Waals surface area (Å²) in [5.74, 6) is 0.835. The molecule has 0 radical (unpaired) electrons. The van der Waals surface area contributed by atoms with Crippen molar-refractivity contribution in [3.63, 3.8) is 0 Å². The van der Waals surface area contributed by atoms with Crippen LogP contribution in [-0.2, 0) is 18.0 Å². The Labute approximate surface area is 163 Å². The highest BCUT2D eigenvalue weighted by molar-refractivity contribution is 7.71. The molecular formula is C18H23ClN5OS+. The summed E-state index contributed by atoms with van der Waals surface area (Å²) in [6.45, 7) is 5.28. The number of aromatic nitrogens is 3. The lowest BCUT2D eigenvalue weighted by atomic mass is 10.2. The van der Waals surface area contributed by atoms with Gasteiger partial charge in [-0.3, -0.25) is 9.36 Å². The van der Waals surface area contributed by atoms with Crippen LogP contribution in [0, 0.1) is 4.77 Å². The summed E-state index contributed by atoms with van der Waals surface area (Å²) in [6, 6.07) is 7.88. The standard InChI is InChI=1S/C18H22ClN5OS/c1-3-10-23-17(13-4-6-14(19)7-5-13)21-24(18(23)26)12-22(2)11-16(25)20-15-8-9-15/h3-7,15H,1,8-12H2,2H3,(H,20,25)/p+1. The fraction of sp³-hybridized carbons (Fsp3) is 0.389. The van der Waals surface area contributed by atoms with E-state index >= 15 is 0 Å². The molecule has 138 valence electrons. The zero-order valence-corrected chi connectivity index (χ0v) is 16.3. The van der Waals surface area contributed by atoms with Gasteiger partial charge in [0, 0.05) is 23.2 Å². The average molecular weight is 393 g/mol. The van der Waals surface area contributed by atoms with Crippen LogP contribution in [0.1, 0.15) is 12.8 Å². The lowest BCUT2D eigenvalue weighted by molar-refractivity contribution is -0.895. The Morgan fingerprint density at radius 2 is 2.15 bits per heavy atom. The number of hydrogen-bond donors (Lipinski definition) is 2. The molecule has 1 fully saturated rings. The van der Waals surface area contributed by atoms with Crippen LogP contribution in [0.15, 0.2) is 36.9 Å². The number of halogens is 1. The maximum atomic E-state index is 12.0. The van der Waals surface area contributed by atoms with Crippen LogP contribution in [0.3, 0.4) is 0 Å². The Hall–Kier alpha value is -1.96. The quantitative estimate of drug-likeness (QED) is 0.530. The molecule has 1 amide bonds. The molecule has 2 N–H and O–H groups in total. The molecule has 1 atom stereocenters. The second kappa shape index (κ2) is 8.16. The van der Waals surface area contributed by atoms with Gasteiger partial charge in [-0.1, -0.05) is 17.7 Å². The molecular weight excluding hydrogens is 370 g/mol. The molecule has 1 heterocycles. The highest BCUT2D eigenvalue weighted by Gasteiger charge is 2.24. The molecule has 3 rings (SSSR count). The Morgan fingerprint density at radius 1 is 1.46 bits per heavy atom. The van der Waals surface area contributed by atoms with Crippen LogP contribution in [0.25, 0.3) is 11.4 Å². The van der Waals surface area contributed by atoms with Crippen molar-refractivity contribution < 1.29 is 9.69 Å². The molecule has 1 aliphatic rings. The van der Waals surface area contributed by atoms with Gasteiger partial charge >= 0.3 is 0 Å². The molecule has 6 nitrogen and oxygen atoms in total. The van der Waals surface area contributed by atoms with E-state index in [-0.39, 0.29) is 5.91 Å². The van der Waals surface area contributed by atoms with E-state index in [2.05, 4.69) is 17.0 Å². The largest absolute Gasteiger partial charge is 0.348 e. The third-order valence-electron chi connectivity index (χ3n) is 4.16. The van der Waals surface area contributed by atoms with Gasteiger partial charge < -0.3 is 10.2 Å². The number of benzene rings is 1. The van der Waals surface area contributed by atoms with Gasteiger partial charge in [0.15, 0.2) is 19.0 Å². The Balaban J connectivity index is 1.79. The van der Waals surface area contributed by atoms with E-state index in [1.165, 1.54) is 0 Å². The summed E-state index contributed by atoms with van der Waals surface area (Å²) in [6.07, 6.45) is 3.97. The summed E-state index contributed by atoms with van der Waals surface area (Å²) in [5, 5.41) is 8.36. The van der Waals surface area contributed by atoms with E-state index in [1.807, 2.05) is 35.9 Å². The first-order chi connectivity index (χ1) is 12.5. The highest BCUT2D eigenvalue weighted by atomic mass is 35.5. The molecule has 1 unspecified atom stereocenters. The number of amides is 1. The van der Waals surface area contributed by atoms with Gasteiger partial charge in [-0.25, -0.2) is 0 Å². The van der Waals surface area contributed by atoms with E-state index in [1.54, 1.807) is 10.8 Å². The Morgan fingerprint density at radius 3 is 2.77 bits per heavy atom. The number of carbonyl (C=O) groups excluding carboxylic acids is 1. The average Bonchev–Trinajstić information content (AvgIpc) is 3.35. The van der Waals surface area contributed by atoms with Crippen LogP contribution >= 0.6 is 23.8 Å². The summed E-state index contributed by atoms with van der Waals surface area (Å²) < 4.78 is 4.31. The number of nitrogens with one attached hydrogen (secondary N) is 2. The van der Waals surface area contributed by atoms with Crippen molar-refractivity contribution in [1.29, 1.82) is 0 Å². The van der Waals surface area contributed by atoms with E-state index in [4.69, 9.17) is 23.8 Å². The zero-order chi connectivity index (χ0) is 18.7. The van der Waals surface area contributed by atoms with Crippen molar-refractivity contribution in [2.24, 2.45) is 0 Å². The number of likely N-dealkylation sites (N-methyl/N-ethyl adjacent to an activating group) is 1. The van der Waals surface area contributed by atoms with Gasteiger partial charge in [-0.15, -0.1) is 11.7 Å². The first-order valence-corrected chi connectivity index (χ1v) is 9.41. The molecule has 8 heteroatoms. The molecule has 0 aliphatic heterocycles. The van der Waals surface area contributed by atoms with Gasteiger partial charge in [0.25, 0.3) is 5.91 Å². The second-order valence-electron chi connectivity index (χ2n) is 6.65. The van der Waals surface area contributed by atoms with Crippen molar-refractivity contribution >= 4 is 29.7 Å². The predicted octanol–water partition coefficient (Wildman–Crippen LogP) is 1.67. The van der Waals surface area contributed by atoms with Gasteiger partial charge in [0.2, 0.25) is 4.77 Å². The van der Waals surface area contributed by atoms with Gasteiger partial charge in [0.05, 0.1) is 7.05 Å². The molecule has 26 heavy (non-hydrogen) atoms. The monoisotopic (exact) mass is 392 g/mol. The van der Waals surface area contributed by atoms with Crippen LogP contribution in [0.4, 0.5) is 0 Å². The van der Waals surface area contributed by atoms with E-state index < -0.39 is 0 Å². The van der Waals surface area contributed by atoms with E-state index in [9.17, 15) is 4.79 Å². The Bertz CT molecular complexity index is 853. The first kappa shape index (κ1) is 18.8. The number of hydrogen-bond acceptors (Lipinski definition) is 3. The molecule has 0 spiro atoms. The smallest absolute Gasteiger partial charge is 0.275 e. The minimum Gasteiger partial charge on any atom is -0.348 e. The third kappa shape index (κ3) is 4.60. The van der Waals surface area contributed by atoms with Crippen molar-refractivity contribution in [3.05, 3.63) is 46.7 Å². The summed E-state index contributed by atoms with van der Waals surface area (Å²) in [7, 11) is 1.96. The number of quaternary nitrogens is 1. The molecule has 2 aromatic rings. The minimum absolute atomic E-state index is 0.0694. The molecule has 1 aliphatic carbocycles. The summed E-state index contributed by atoms with van der Waals surface area (Å²) >= 11 is 11.6. The molecule has 1 aromatic carbocycles. The van der Waals surface area contributed by atoms with Crippen molar-refractivity contribution in [2.45, 2.75) is 32.1 Å². The number of rotatable bonds is 8. The van der Waals surface area contributed by atoms with E-state index in [0.29, 0.717) is 35.6 Å². The third-order valence-corrected chi connectivity index (χ3v) is 4.84. The van der Waals surface area contributed by atoms with Gasteiger partial charge in [0.1, 0.15) is 0 Å². The second-order valence-corrected chi connectivity index (χ2v) is 7.45. The Kier molecular flexibility index (Phi) is 5.90. The lowest BCUT2D eigenvalue weighted by Gasteiger charge is -2.13. The van der Waals surface area contributed by atoms with Crippen LogP contribution in [0.2, 0.25) is 5.02 Å². The first-order valence-electron chi connectivity index (χ1n) is 8.63. The minimum atomic E-state index is 0.0694. The van der Waals surface area contributed by atoms with Crippen molar-refractivity contribution in [1.82, 2.24) is 19.7 Å². The van der Waals surface area contributed by atoms with Crippen molar-refractivity contribution in [2.75, 3.05) is 13.6 Å². The lowest BCUT2D eigenvalue weighted by Crippen LogP contribution is -3.09. The van der Waals surface area contributed by atoms with Gasteiger partial charge in [-0.05, 0) is 49.3 Å². The molecule has 0 saturated heterocycles. The highest BCUT2D eigenvalue weighted by Crippen LogP contribution is 2.21. The maximum Gasteiger partial charge on any atom is 0.275 e. The molecule has 1 saturated carbocycles. The van der Waals surface area contributed by atoms with Crippen LogP contribution < -0.4 is 10.2 Å². The predicted molar refractivity (Wildman–Crippen MR) is 105 cm³/mol. The maximum absolute atomic E-state index is 12.0. The topological polar surface area (TPSA) is 56.3 Å². The fourth-order valence-corrected chi connectivity index (χ4v) is 3.13. The normalized spacial score (nSPS) is 14.8. The summed E-state index contributed by atoms with van der Waals surface area (Å²) in [4.78, 5) is 13.0. The molecule has 0 bridgehead atoms. The molecule has 1 aromatic heterocycles. The van der Waals surface area contributed by atoms with E-state index in [0.717, 1.165) is 29.1 Å². The fourth-order valence-electron chi connectivity index (χ4n) is 2.74. The zero-order valence-electron chi connectivity index (χ0n) is 14.7. The van der Waals surface area contributed by atoms with Crippen molar-refractivity contribution in [3.8, 4) is 11.4 Å². The van der Waals surface area contributed by atoms with Crippen LogP contribution in [-0.4, -0.2) is 39.9 Å². The van der Waals surface area contributed by atoms with Crippen LogP contribution in [0.5, 0.6) is 0 Å². The number of carbonyl (C=O) groups is 1.